The van der Waals surface area contributed by atoms with Crippen LogP contribution in [0.2, 0.25) is 0 Å². The van der Waals surface area contributed by atoms with Gasteiger partial charge < -0.3 is 4.74 Å². The van der Waals surface area contributed by atoms with Gasteiger partial charge in [-0.25, -0.2) is 0 Å². The maximum atomic E-state index is 5.41. The Balaban J connectivity index is 2.95. The van der Waals surface area contributed by atoms with E-state index in [2.05, 4.69) is 29.4 Å². The highest BCUT2D eigenvalue weighted by Crippen LogP contribution is 2.00. The zero-order valence-corrected chi connectivity index (χ0v) is 8.77. The van der Waals surface area contributed by atoms with Crippen LogP contribution in [0.4, 0.5) is 0 Å². The summed E-state index contributed by atoms with van der Waals surface area (Å²) in [5.74, 6) is 0.624. The highest BCUT2D eigenvalue weighted by atomic mass is 79.9. The van der Waals surface area contributed by atoms with E-state index in [-0.39, 0.29) is 0 Å². The Labute approximate surface area is 78.0 Å². The molecule has 0 fully saturated rings. The molecule has 0 saturated carbocycles. The Kier molecular flexibility index (Phi) is 8.41. The van der Waals surface area contributed by atoms with Crippen molar-refractivity contribution in [2.75, 3.05) is 18.5 Å². The number of unbranched alkanes of at least 4 members (excludes halogenated alkanes) is 1. The van der Waals surface area contributed by atoms with Crippen molar-refractivity contribution in [3.8, 4) is 0 Å². The van der Waals surface area contributed by atoms with Gasteiger partial charge in [-0.05, 0) is 18.8 Å². The first-order valence-electron chi connectivity index (χ1n) is 4.05. The summed E-state index contributed by atoms with van der Waals surface area (Å²) in [6, 6.07) is 0. The van der Waals surface area contributed by atoms with Gasteiger partial charge in [-0.15, -0.1) is 6.58 Å². The third-order valence-electron chi connectivity index (χ3n) is 1.36. The molecule has 0 bridgehead atoms. The van der Waals surface area contributed by atoms with Crippen LogP contribution in [0.25, 0.3) is 0 Å². The maximum Gasteiger partial charge on any atom is 0.0499 e. The normalized spacial score (nSPS) is 12.9. The number of halogens is 1. The molecular weight excluding hydrogens is 204 g/mol. The summed E-state index contributed by atoms with van der Waals surface area (Å²) >= 11 is 3.40. The molecule has 2 heteroatoms. The van der Waals surface area contributed by atoms with E-state index in [1.807, 2.05) is 6.08 Å². The van der Waals surface area contributed by atoms with Crippen molar-refractivity contribution in [1.29, 1.82) is 0 Å². The maximum absolute atomic E-state index is 5.41. The Morgan fingerprint density at radius 1 is 1.64 bits per heavy atom. The molecule has 0 aromatic rings. The zero-order chi connectivity index (χ0) is 8.53. The monoisotopic (exact) mass is 220 g/mol. The van der Waals surface area contributed by atoms with Crippen molar-refractivity contribution in [1.82, 2.24) is 0 Å². The van der Waals surface area contributed by atoms with Crippen molar-refractivity contribution in [3.05, 3.63) is 12.7 Å². The Bertz CT molecular complexity index is 93.6. The minimum absolute atomic E-state index is 0.624. The molecule has 66 valence electrons. The van der Waals surface area contributed by atoms with Crippen LogP contribution in [0.3, 0.4) is 0 Å². The van der Waals surface area contributed by atoms with E-state index < -0.39 is 0 Å². The summed E-state index contributed by atoms with van der Waals surface area (Å²) in [6.07, 6.45) is 4.08. The van der Waals surface area contributed by atoms with Gasteiger partial charge in [0.25, 0.3) is 0 Å². The smallest absolute Gasteiger partial charge is 0.0499 e. The lowest BCUT2D eigenvalue weighted by Crippen LogP contribution is -2.07. The standard InChI is InChI=1S/C9H17BrO/c1-3-4-5-6-11-8-9(2)7-10/h3,9H,1,4-8H2,2H3. The predicted octanol–water partition coefficient (Wildman–Crippen LogP) is 3.00. The number of hydrogen-bond donors (Lipinski definition) is 0. The van der Waals surface area contributed by atoms with Crippen LogP contribution >= 0.6 is 15.9 Å². The largest absolute Gasteiger partial charge is 0.381 e. The molecular formula is C9H17BrO. The van der Waals surface area contributed by atoms with Crippen LogP contribution < -0.4 is 0 Å². The van der Waals surface area contributed by atoms with Crippen LogP contribution in [-0.4, -0.2) is 18.5 Å². The first-order valence-corrected chi connectivity index (χ1v) is 5.18. The van der Waals surface area contributed by atoms with Gasteiger partial charge in [0.1, 0.15) is 0 Å². The molecule has 0 rings (SSSR count). The molecule has 0 aliphatic rings. The summed E-state index contributed by atoms with van der Waals surface area (Å²) in [6.45, 7) is 7.54. The molecule has 1 atom stereocenters. The molecule has 0 heterocycles. The second-order valence-corrected chi connectivity index (χ2v) is 3.41. The summed E-state index contributed by atoms with van der Waals surface area (Å²) in [5.41, 5.74) is 0. The minimum atomic E-state index is 0.624. The quantitative estimate of drug-likeness (QED) is 0.365. The lowest BCUT2D eigenvalue weighted by Gasteiger charge is -2.07. The highest BCUT2D eigenvalue weighted by molar-refractivity contribution is 9.09. The SMILES string of the molecule is C=CCCCOCC(C)CBr. The topological polar surface area (TPSA) is 9.23 Å². The highest BCUT2D eigenvalue weighted by Gasteiger charge is 1.97. The van der Waals surface area contributed by atoms with E-state index in [1.54, 1.807) is 0 Å². The van der Waals surface area contributed by atoms with Gasteiger partial charge in [-0.3, -0.25) is 0 Å². The van der Waals surface area contributed by atoms with Crippen LogP contribution in [0.5, 0.6) is 0 Å². The van der Waals surface area contributed by atoms with Gasteiger partial charge in [0, 0.05) is 18.5 Å². The lowest BCUT2D eigenvalue weighted by molar-refractivity contribution is 0.110. The van der Waals surface area contributed by atoms with E-state index in [1.165, 1.54) is 0 Å². The fourth-order valence-corrected chi connectivity index (χ4v) is 0.846. The van der Waals surface area contributed by atoms with E-state index in [0.29, 0.717) is 5.92 Å². The summed E-state index contributed by atoms with van der Waals surface area (Å²) in [4.78, 5) is 0. The van der Waals surface area contributed by atoms with Crippen LogP contribution in [0, 0.1) is 5.92 Å². The molecule has 0 aromatic heterocycles. The van der Waals surface area contributed by atoms with Gasteiger partial charge in [0.05, 0.1) is 0 Å². The van der Waals surface area contributed by atoms with Gasteiger partial charge in [0.2, 0.25) is 0 Å². The third kappa shape index (κ3) is 8.08. The van der Waals surface area contributed by atoms with Crippen LogP contribution in [0.15, 0.2) is 12.7 Å². The van der Waals surface area contributed by atoms with Crippen LogP contribution in [0.1, 0.15) is 19.8 Å². The van der Waals surface area contributed by atoms with Gasteiger partial charge in [-0.2, -0.15) is 0 Å². The van der Waals surface area contributed by atoms with Gasteiger partial charge >= 0.3 is 0 Å². The van der Waals surface area contributed by atoms with E-state index in [4.69, 9.17) is 4.74 Å². The number of hydrogen-bond acceptors (Lipinski definition) is 1. The average molecular weight is 221 g/mol. The molecule has 0 amide bonds. The third-order valence-corrected chi connectivity index (χ3v) is 2.47. The average Bonchev–Trinajstić information content (AvgIpc) is 2.04. The van der Waals surface area contributed by atoms with Crippen molar-refractivity contribution in [3.63, 3.8) is 0 Å². The molecule has 0 aliphatic heterocycles. The predicted molar refractivity (Wildman–Crippen MR) is 53.2 cm³/mol. The molecule has 0 aliphatic carbocycles. The van der Waals surface area contributed by atoms with Gasteiger partial charge in [0.15, 0.2) is 0 Å². The fourth-order valence-electron chi connectivity index (χ4n) is 0.659. The lowest BCUT2D eigenvalue weighted by atomic mass is 10.2. The van der Waals surface area contributed by atoms with E-state index >= 15 is 0 Å². The molecule has 1 unspecified atom stereocenters. The zero-order valence-electron chi connectivity index (χ0n) is 7.18. The van der Waals surface area contributed by atoms with E-state index in [9.17, 15) is 0 Å². The molecule has 1 nitrogen and oxygen atoms in total. The first kappa shape index (κ1) is 11.2. The van der Waals surface area contributed by atoms with E-state index in [0.717, 1.165) is 31.4 Å². The molecule has 0 saturated heterocycles. The van der Waals surface area contributed by atoms with Crippen molar-refractivity contribution < 1.29 is 4.74 Å². The molecule has 11 heavy (non-hydrogen) atoms. The van der Waals surface area contributed by atoms with Crippen molar-refractivity contribution in [2.45, 2.75) is 19.8 Å². The number of allylic oxidation sites excluding steroid dienone is 1. The van der Waals surface area contributed by atoms with Gasteiger partial charge in [-0.1, -0.05) is 28.9 Å². The second kappa shape index (κ2) is 8.28. The van der Waals surface area contributed by atoms with Crippen molar-refractivity contribution in [2.24, 2.45) is 5.92 Å². The summed E-state index contributed by atoms with van der Waals surface area (Å²) in [7, 11) is 0. The second-order valence-electron chi connectivity index (χ2n) is 2.77. The number of rotatable bonds is 7. The first-order chi connectivity index (χ1) is 5.31. The molecule has 0 spiro atoms. The Morgan fingerprint density at radius 3 is 2.91 bits per heavy atom. The molecule has 0 aromatic carbocycles. The minimum Gasteiger partial charge on any atom is -0.381 e. The van der Waals surface area contributed by atoms with Crippen LogP contribution in [-0.2, 0) is 4.74 Å². The molecule has 0 N–H and O–H groups in total. The molecule has 0 radical (unpaired) electrons. The summed E-state index contributed by atoms with van der Waals surface area (Å²) in [5, 5.41) is 1.02. The number of ether oxygens (including phenoxy) is 1. The Morgan fingerprint density at radius 2 is 2.36 bits per heavy atom. The van der Waals surface area contributed by atoms with Crippen molar-refractivity contribution >= 4 is 15.9 Å². The Hall–Kier alpha value is 0.180. The number of alkyl halides is 1. The fraction of sp³-hybridized carbons (Fsp3) is 0.778. The summed E-state index contributed by atoms with van der Waals surface area (Å²) < 4.78 is 5.41.